The molecular weight excluding hydrogens is 307 g/mol. The summed E-state index contributed by atoms with van der Waals surface area (Å²) in [4.78, 5) is 16.8. The number of halogens is 1. The van der Waals surface area contributed by atoms with Crippen molar-refractivity contribution in [2.24, 2.45) is 11.3 Å². The van der Waals surface area contributed by atoms with Gasteiger partial charge in [-0.15, -0.1) is 0 Å². The zero-order valence-electron chi connectivity index (χ0n) is 14.0. The van der Waals surface area contributed by atoms with Crippen LogP contribution in [0, 0.1) is 17.2 Å². The number of ether oxygens (including phenoxy) is 1. The number of rotatable bonds is 3. The fourth-order valence-electron chi connectivity index (χ4n) is 4.53. The summed E-state index contributed by atoms with van der Waals surface area (Å²) in [6.45, 7) is 5.67. The topological polar surface area (TPSA) is 32.8 Å². The van der Waals surface area contributed by atoms with Gasteiger partial charge in [0.25, 0.3) is 0 Å². The third-order valence-corrected chi connectivity index (χ3v) is 5.82. The number of amides is 1. The number of carbonyl (C=O) groups excluding carboxylic acids is 1. The Balaban J connectivity index is 1.41. The van der Waals surface area contributed by atoms with Crippen molar-refractivity contribution >= 4 is 11.6 Å². The van der Waals surface area contributed by atoms with Gasteiger partial charge in [0, 0.05) is 50.4 Å². The minimum absolute atomic E-state index is 0.0502. The Hall–Kier alpha value is -1.46. The SMILES string of the molecule is O=C1C[C@@]2(CCN(CC3CCOCC3)C2)CN1c1cccc(F)c1. The third kappa shape index (κ3) is 3.20. The molecule has 1 atom stereocenters. The molecule has 0 aliphatic carbocycles. The predicted molar refractivity (Wildman–Crippen MR) is 90.4 cm³/mol. The second-order valence-corrected chi connectivity index (χ2v) is 7.68. The van der Waals surface area contributed by atoms with Crippen LogP contribution in [0.2, 0.25) is 0 Å². The van der Waals surface area contributed by atoms with Gasteiger partial charge in [-0.1, -0.05) is 6.07 Å². The van der Waals surface area contributed by atoms with Crippen molar-refractivity contribution in [1.29, 1.82) is 0 Å². The minimum Gasteiger partial charge on any atom is -0.381 e. The fourth-order valence-corrected chi connectivity index (χ4v) is 4.53. The largest absolute Gasteiger partial charge is 0.381 e. The van der Waals surface area contributed by atoms with Gasteiger partial charge in [0.1, 0.15) is 5.82 Å². The highest BCUT2D eigenvalue weighted by Gasteiger charge is 2.47. The van der Waals surface area contributed by atoms with E-state index in [4.69, 9.17) is 4.74 Å². The molecule has 0 unspecified atom stereocenters. The van der Waals surface area contributed by atoms with Crippen molar-refractivity contribution in [2.75, 3.05) is 44.3 Å². The van der Waals surface area contributed by atoms with Gasteiger partial charge >= 0.3 is 0 Å². The molecule has 5 heteroatoms. The van der Waals surface area contributed by atoms with E-state index in [9.17, 15) is 9.18 Å². The highest BCUT2D eigenvalue weighted by molar-refractivity contribution is 5.96. The Morgan fingerprint density at radius 1 is 1.25 bits per heavy atom. The van der Waals surface area contributed by atoms with Gasteiger partial charge in [0.05, 0.1) is 0 Å². The maximum absolute atomic E-state index is 13.5. The fraction of sp³-hybridized carbons (Fsp3) is 0.632. The van der Waals surface area contributed by atoms with Crippen LogP contribution in [-0.4, -0.2) is 50.2 Å². The highest BCUT2D eigenvalue weighted by atomic mass is 19.1. The van der Waals surface area contributed by atoms with Gasteiger partial charge in [-0.2, -0.15) is 0 Å². The summed E-state index contributed by atoms with van der Waals surface area (Å²) >= 11 is 0. The average molecular weight is 332 g/mol. The second kappa shape index (κ2) is 6.45. The van der Waals surface area contributed by atoms with Gasteiger partial charge in [-0.3, -0.25) is 4.79 Å². The van der Waals surface area contributed by atoms with E-state index in [-0.39, 0.29) is 17.1 Å². The molecule has 3 fully saturated rings. The van der Waals surface area contributed by atoms with Gasteiger partial charge in [0.15, 0.2) is 0 Å². The number of nitrogens with zero attached hydrogens (tertiary/aromatic N) is 2. The molecular formula is C19H25FN2O2. The van der Waals surface area contributed by atoms with E-state index in [2.05, 4.69) is 4.90 Å². The van der Waals surface area contributed by atoms with E-state index in [0.29, 0.717) is 12.1 Å². The van der Waals surface area contributed by atoms with Gasteiger partial charge < -0.3 is 14.5 Å². The van der Waals surface area contributed by atoms with Crippen molar-refractivity contribution < 1.29 is 13.9 Å². The molecule has 1 spiro atoms. The smallest absolute Gasteiger partial charge is 0.227 e. The molecule has 4 nitrogen and oxygen atoms in total. The molecule has 24 heavy (non-hydrogen) atoms. The number of anilines is 1. The van der Waals surface area contributed by atoms with Crippen LogP contribution in [0.3, 0.4) is 0 Å². The Morgan fingerprint density at radius 2 is 2.08 bits per heavy atom. The van der Waals surface area contributed by atoms with Crippen molar-refractivity contribution in [1.82, 2.24) is 4.90 Å². The summed E-state index contributed by atoms with van der Waals surface area (Å²) < 4.78 is 18.9. The van der Waals surface area contributed by atoms with E-state index in [1.54, 1.807) is 11.0 Å². The number of hydrogen-bond acceptors (Lipinski definition) is 3. The zero-order valence-corrected chi connectivity index (χ0v) is 14.0. The normalized spacial score (nSPS) is 29.0. The molecule has 4 rings (SSSR count). The highest BCUT2D eigenvalue weighted by Crippen LogP contribution is 2.42. The molecule has 3 aliphatic heterocycles. The molecule has 1 amide bonds. The predicted octanol–water partition coefficient (Wildman–Crippen LogP) is 2.68. The van der Waals surface area contributed by atoms with Crippen LogP contribution in [-0.2, 0) is 9.53 Å². The summed E-state index contributed by atoms with van der Waals surface area (Å²) in [6.07, 6.45) is 3.96. The lowest BCUT2D eigenvalue weighted by Crippen LogP contribution is -2.34. The molecule has 3 heterocycles. The van der Waals surface area contributed by atoms with Crippen LogP contribution in [0.15, 0.2) is 24.3 Å². The van der Waals surface area contributed by atoms with Crippen molar-refractivity contribution in [3.8, 4) is 0 Å². The number of likely N-dealkylation sites (tertiary alicyclic amines) is 1. The molecule has 0 bridgehead atoms. The second-order valence-electron chi connectivity index (χ2n) is 7.68. The van der Waals surface area contributed by atoms with Crippen LogP contribution in [0.25, 0.3) is 0 Å². The van der Waals surface area contributed by atoms with Gasteiger partial charge in [-0.25, -0.2) is 4.39 Å². The molecule has 0 aromatic heterocycles. The molecule has 3 aliphatic rings. The van der Waals surface area contributed by atoms with Crippen LogP contribution in [0.1, 0.15) is 25.7 Å². The summed E-state index contributed by atoms with van der Waals surface area (Å²) in [6, 6.07) is 6.39. The van der Waals surface area contributed by atoms with E-state index in [1.165, 1.54) is 12.1 Å². The first-order valence-corrected chi connectivity index (χ1v) is 9.00. The summed E-state index contributed by atoms with van der Waals surface area (Å²) in [5.41, 5.74) is 0.744. The lowest BCUT2D eigenvalue weighted by atomic mass is 9.86. The quantitative estimate of drug-likeness (QED) is 0.853. The maximum atomic E-state index is 13.5. The number of hydrogen-bond donors (Lipinski definition) is 0. The minimum atomic E-state index is -0.284. The summed E-state index contributed by atoms with van der Waals surface area (Å²) in [5.74, 6) is 0.577. The number of carbonyl (C=O) groups is 1. The molecule has 130 valence electrons. The van der Waals surface area contributed by atoms with Crippen LogP contribution < -0.4 is 4.90 Å². The first-order chi connectivity index (χ1) is 11.6. The van der Waals surface area contributed by atoms with Crippen molar-refractivity contribution in [2.45, 2.75) is 25.7 Å². The van der Waals surface area contributed by atoms with Crippen molar-refractivity contribution in [3.63, 3.8) is 0 Å². The Labute approximate surface area is 142 Å². The lowest BCUT2D eigenvalue weighted by molar-refractivity contribution is -0.117. The lowest BCUT2D eigenvalue weighted by Gasteiger charge is -2.28. The van der Waals surface area contributed by atoms with E-state index in [0.717, 1.165) is 64.6 Å². The van der Waals surface area contributed by atoms with E-state index < -0.39 is 0 Å². The molecule has 0 N–H and O–H groups in total. The van der Waals surface area contributed by atoms with Crippen LogP contribution in [0.4, 0.5) is 10.1 Å². The van der Waals surface area contributed by atoms with Crippen LogP contribution in [0.5, 0.6) is 0 Å². The van der Waals surface area contributed by atoms with E-state index in [1.807, 2.05) is 6.07 Å². The van der Waals surface area contributed by atoms with Gasteiger partial charge in [0.2, 0.25) is 5.91 Å². The summed E-state index contributed by atoms with van der Waals surface area (Å²) in [5, 5.41) is 0. The molecule has 0 radical (unpaired) electrons. The molecule has 1 aromatic carbocycles. The Bertz CT molecular complexity index is 617. The average Bonchev–Trinajstić information content (AvgIpc) is 3.11. The van der Waals surface area contributed by atoms with Gasteiger partial charge in [-0.05, 0) is 49.9 Å². The third-order valence-electron chi connectivity index (χ3n) is 5.82. The Morgan fingerprint density at radius 3 is 2.88 bits per heavy atom. The first-order valence-electron chi connectivity index (χ1n) is 9.00. The zero-order chi connectivity index (χ0) is 16.6. The molecule has 3 saturated heterocycles. The maximum Gasteiger partial charge on any atom is 0.227 e. The van der Waals surface area contributed by atoms with Crippen LogP contribution >= 0.6 is 0 Å². The van der Waals surface area contributed by atoms with E-state index >= 15 is 0 Å². The summed E-state index contributed by atoms with van der Waals surface area (Å²) in [7, 11) is 0. The first kappa shape index (κ1) is 16.0. The Kier molecular flexibility index (Phi) is 4.31. The van der Waals surface area contributed by atoms with Crippen molar-refractivity contribution in [3.05, 3.63) is 30.1 Å². The molecule has 1 aromatic rings. The standard InChI is InChI=1S/C19H25FN2O2/c20-16-2-1-3-17(10-16)22-14-19(11-18(22)23)6-7-21(13-19)12-15-4-8-24-9-5-15/h1-3,10,15H,4-9,11-14H2/t19-/m1/s1. The molecule has 0 saturated carbocycles. The monoisotopic (exact) mass is 332 g/mol. The number of benzene rings is 1.